The fourth-order valence-corrected chi connectivity index (χ4v) is 75.2. The Balaban J connectivity index is 4.23. The van der Waals surface area contributed by atoms with Gasteiger partial charge >= 0.3 is 0 Å². The molecule has 0 unspecified atom stereocenters. The molecule has 0 aliphatic rings. The maximum atomic E-state index is 2.66. The van der Waals surface area contributed by atoms with E-state index >= 15 is 0 Å². The van der Waals surface area contributed by atoms with Gasteiger partial charge in [-0.2, -0.15) is 0 Å². The Kier molecular flexibility index (Phi) is 8.56. The molecule has 0 fully saturated rings. The minimum Gasteiger partial charge on any atom is -0.0909 e. The van der Waals surface area contributed by atoms with E-state index in [2.05, 4.69) is 138 Å². The van der Waals surface area contributed by atoms with Crippen molar-refractivity contribution in [2.45, 2.75) is 12.1 Å². The van der Waals surface area contributed by atoms with E-state index in [1.807, 2.05) is 0 Å². The van der Waals surface area contributed by atoms with Crippen molar-refractivity contribution in [1.82, 2.24) is 0 Å². The average Bonchev–Trinajstić information content (AvgIpc) is 1.59. The summed E-state index contributed by atoms with van der Waals surface area (Å²) in [5, 5.41) is 0.962. The number of hydrogen-bond donors (Lipinski definition) is 0. The summed E-state index contributed by atoms with van der Waals surface area (Å²) in [5.74, 6) is 0. The third kappa shape index (κ3) is 6.33. The molecule has 0 rings (SSSR count). The molecule has 0 bridgehead atoms. The van der Waals surface area contributed by atoms with Gasteiger partial charge in [0.05, 0.1) is 0 Å². The van der Waals surface area contributed by atoms with Crippen LogP contribution in [0.3, 0.4) is 0 Å². The second-order valence-corrected chi connectivity index (χ2v) is 74.1. The van der Waals surface area contributed by atoms with E-state index in [9.17, 15) is 0 Å². The third-order valence-electron chi connectivity index (χ3n) is 0.982. The zero-order valence-electron chi connectivity index (χ0n) is 4.85. The van der Waals surface area contributed by atoms with Crippen molar-refractivity contribution in [1.29, 1.82) is 0 Å². The maximum Gasteiger partial charge on any atom is 0.256 e. The van der Waals surface area contributed by atoms with E-state index in [0.717, 1.165) is 5.16 Å². The molecule has 62 valence electrons. The molecule has 0 heterocycles. The van der Waals surface area contributed by atoms with Crippen LogP contribution in [0, 0.1) is 0 Å². The highest BCUT2D eigenvalue weighted by molar-refractivity contribution is 14.4. The van der Waals surface area contributed by atoms with E-state index in [1.54, 1.807) is 0 Å². The third-order valence-corrected chi connectivity index (χ3v) is 32.9. The van der Waals surface area contributed by atoms with Crippen LogP contribution in [0.25, 0.3) is 0 Å². The van der Waals surface area contributed by atoms with Gasteiger partial charge in [-0.05, 0) is 0 Å². The number of hydrogen-bond acceptors (Lipinski definition) is 0. The lowest BCUT2D eigenvalue weighted by atomic mass is 11.0. The molecular formula is C2H4I6Si2. The first-order valence-electron chi connectivity index (χ1n) is 2.29. The Morgan fingerprint density at radius 1 is 0.800 bits per heavy atom. The first-order chi connectivity index (χ1) is 4.15. The molecule has 0 aromatic heterocycles. The molecule has 0 saturated carbocycles. The van der Waals surface area contributed by atoms with E-state index in [-0.39, 0.29) is 0 Å². The largest absolute Gasteiger partial charge is 0.256 e. The SMILES string of the molecule is CC([Si](I)(I)I)[Si](I)(I)I. The molecule has 0 aromatic carbocycles. The van der Waals surface area contributed by atoms with Gasteiger partial charge in [0, 0.05) is 5.16 Å². The van der Waals surface area contributed by atoms with Crippen LogP contribution in [0.1, 0.15) is 6.92 Å². The average molecular weight is 846 g/mol. The Morgan fingerprint density at radius 3 is 1.00 bits per heavy atom. The van der Waals surface area contributed by atoms with Gasteiger partial charge in [0.25, 0.3) is 1.13 Å². The maximum absolute atomic E-state index is 2.66. The van der Waals surface area contributed by atoms with Crippen LogP contribution in [-0.4, -0.2) is 1.13 Å². The summed E-state index contributed by atoms with van der Waals surface area (Å²) in [4.78, 5) is 0. The zero-order valence-corrected chi connectivity index (χ0v) is 19.8. The van der Waals surface area contributed by atoms with Crippen LogP contribution >= 0.6 is 131 Å². The molecule has 0 radical (unpaired) electrons. The first-order valence-corrected chi connectivity index (χ1v) is 25.1. The zero-order chi connectivity index (χ0) is 8.58. The monoisotopic (exact) mass is 845 g/mol. The summed E-state index contributed by atoms with van der Waals surface area (Å²) >= 11 is 16.0. The van der Waals surface area contributed by atoms with E-state index in [1.165, 1.54) is 0 Å². The highest BCUT2D eigenvalue weighted by atomic mass is 127. The van der Waals surface area contributed by atoms with Crippen LogP contribution in [0.15, 0.2) is 0 Å². The molecule has 0 spiro atoms. The van der Waals surface area contributed by atoms with Crippen molar-refractivity contribution < 1.29 is 0 Å². The Morgan fingerprint density at radius 2 is 1.00 bits per heavy atom. The van der Waals surface area contributed by atoms with Crippen molar-refractivity contribution >= 4 is 132 Å². The van der Waals surface area contributed by atoms with Crippen molar-refractivity contribution in [2.24, 2.45) is 0 Å². The fourth-order valence-electron chi connectivity index (χ4n) is 0.186. The molecule has 10 heavy (non-hydrogen) atoms. The molecule has 0 nitrogen and oxygen atoms in total. The van der Waals surface area contributed by atoms with Gasteiger partial charge in [0.15, 0.2) is 0 Å². The summed E-state index contributed by atoms with van der Waals surface area (Å²) in [6, 6.07) is 0. The molecule has 0 aromatic rings. The quantitative estimate of drug-likeness (QED) is 0.199. The lowest BCUT2D eigenvalue weighted by Crippen LogP contribution is -2.28. The van der Waals surface area contributed by atoms with Crippen molar-refractivity contribution in [2.75, 3.05) is 0 Å². The van der Waals surface area contributed by atoms with Crippen LogP contribution in [0.4, 0.5) is 0 Å². The summed E-state index contributed by atoms with van der Waals surface area (Å²) in [6.45, 7) is 2.41. The lowest BCUT2D eigenvalue weighted by molar-refractivity contribution is 1.35. The van der Waals surface area contributed by atoms with Gasteiger partial charge in [0.1, 0.15) is 0 Å². The Bertz CT molecular complexity index is 97.9. The van der Waals surface area contributed by atoms with E-state index in [4.69, 9.17) is 0 Å². The van der Waals surface area contributed by atoms with E-state index < -0.39 is 1.13 Å². The topological polar surface area (TPSA) is 0 Å². The lowest BCUT2D eigenvalue weighted by Gasteiger charge is -2.25. The van der Waals surface area contributed by atoms with Gasteiger partial charge in [-0.25, -0.2) is 0 Å². The second-order valence-electron chi connectivity index (χ2n) is 1.80. The molecule has 0 aliphatic heterocycles. The predicted molar refractivity (Wildman–Crippen MR) is 105 cm³/mol. The van der Waals surface area contributed by atoms with Crippen molar-refractivity contribution in [3.8, 4) is 0 Å². The molecule has 8 heteroatoms. The standard InChI is InChI=1S/C2H4I6Si2/c1-2(9(3,4)5)10(6,7)8/h2H,1H3. The smallest absolute Gasteiger partial charge is 0.0909 e. The van der Waals surface area contributed by atoms with Crippen LogP contribution < -0.4 is 0 Å². The van der Waals surface area contributed by atoms with Crippen molar-refractivity contribution in [3.05, 3.63) is 0 Å². The van der Waals surface area contributed by atoms with Crippen LogP contribution in [0.2, 0.25) is 5.16 Å². The summed E-state index contributed by atoms with van der Waals surface area (Å²) in [6.07, 6.45) is 0. The highest BCUT2D eigenvalue weighted by Gasteiger charge is 2.44. The summed E-state index contributed by atoms with van der Waals surface area (Å²) in [5.41, 5.74) is 0. The molecule has 0 atom stereocenters. The molecule has 0 amide bonds. The van der Waals surface area contributed by atoms with Gasteiger partial charge in [-0.3, -0.25) is 0 Å². The van der Waals surface area contributed by atoms with Gasteiger partial charge in [0.2, 0.25) is 0 Å². The minimum atomic E-state index is -0.947. The highest BCUT2D eigenvalue weighted by Crippen LogP contribution is 2.52. The number of halogens is 6. The summed E-state index contributed by atoms with van der Waals surface area (Å²) in [7, 11) is 0. The predicted octanol–water partition coefficient (Wildman–Crippen LogP) is 5.40. The fraction of sp³-hybridized carbons (Fsp3) is 1.00. The molecule has 0 N–H and O–H groups in total. The number of rotatable bonds is 2. The van der Waals surface area contributed by atoms with Crippen LogP contribution in [0.5, 0.6) is 0 Å². The molecule has 0 aliphatic carbocycles. The Labute approximate surface area is 140 Å². The van der Waals surface area contributed by atoms with Crippen molar-refractivity contribution in [3.63, 3.8) is 0 Å². The van der Waals surface area contributed by atoms with Crippen LogP contribution in [-0.2, 0) is 0 Å². The summed E-state index contributed by atoms with van der Waals surface area (Å²) < 4.78 is -1.89. The van der Waals surface area contributed by atoms with Gasteiger partial charge in [-0.15, -0.1) is 0 Å². The molecule has 0 saturated heterocycles. The van der Waals surface area contributed by atoms with Gasteiger partial charge in [-0.1, -0.05) is 138 Å². The first kappa shape index (κ1) is 14.8. The Hall–Kier alpha value is 4.81. The second kappa shape index (κ2) is 5.78. The molecular weight excluding hydrogens is 842 g/mol. The van der Waals surface area contributed by atoms with Gasteiger partial charge < -0.3 is 0 Å². The normalized spacial score (nSPS) is 14.4. The minimum absolute atomic E-state index is 0.947. The van der Waals surface area contributed by atoms with E-state index in [0.29, 0.717) is 0 Å².